The summed E-state index contributed by atoms with van der Waals surface area (Å²) in [5.74, 6) is 0.205. The average Bonchev–Trinajstić information content (AvgIpc) is 3.22. The molecule has 2 aliphatic rings. The lowest BCUT2D eigenvalue weighted by atomic mass is 10.1. The third kappa shape index (κ3) is 4.73. The van der Waals surface area contributed by atoms with Gasteiger partial charge in [-0.1, -0.05) is 0 Å². The van der Waals surface area contributed by atoms with Crippen LogP contribution in [0.4, 0.5) is 20.2 Å². The summed E-state index contributed by atoms with van der Waals surface area (Å²) in [6.07, 6.45) is 3.07. The van der Waals surface area contributed by atoms with Crippen molar-refractivity contribution in [3.63, 3.8) is 0 Å². The van der Waals surface area contributed by atoms with Gasteiger partial charge in [-0.3, -0.25) is 9.98 Å². The standard InChI is InChI=1S/C28H31F2N7O/c1-17(2)37-18(3)34-28-22(29)10-19(11-25(28)37)27(23(30)13-31-4)33-16-32-20-6-7-24-26(12-20)38-15-21-14-35(5)8-9-36(21)24/h6-7,10-14,17,32H,4,8-9,15-16H2,1-3,5H3/b23-13+,33-27-. The highest BCUT2D eigenvalue weighted by Gasteiger charge is 2.26. The van der Waals surface area contributed by atoms with Crippen molar-refractivity contribution in [1.29, 1.82) is 0 Å². The lowest BCUT2D eigenvalue weighted by molar-refractivity contribution is 0.316. The van der Waals surface area contributed by atoms with Gasteiger partial charge < -0.3 is 24.4 Å². The molecule has 2 aliphatic heterocycles. The minimum atomic E-state index is -0.712. The zero-order valence-corrected chi connectivity index (χ0v) is 22.0. The SMILES string of the molecule is C=N/C=C(F)\C(=N/CNc1ccc2c(c1)OCC1=CN(C)CCN12)c1cc(F)c2nc(C)n(C(C)C)c2c1. The molecule has 0 aliphatic carbocycles. The molecule has 2 aromatic carbocycles. The first-order chi connectivity index (χ1) is 18.3. The Morgan fingerprint density at radius 3 is 2.84 bits per heavy atom. The third-order valence-electron chi connectivity index (χ3n) is 6.68. The molecule has 0 amide bonds. The van der Waals surface area contributed by atoms with Crippen molar-refractivity contribution in [3.8, 4) is 5.75 Å². The Hall–Kier alpha value is -4.21. The van der Waals surface area contributed by atoms with Crippen molar-refractivity contribution in [2.75, 3.05) is 43.6 Å². The summed E-state index contributed by atoms with van der Waals surface area (Å²) in [4.78, 5) is 16.7. The number of hydrogen-bond donors (Lipinski definition) is 1. The summed E-state index contributed by atoms with van der Waals surface area (Å²) in [6, 6.07) is 8.86. The fourth-order valence-electron chi connectivity index (χ4n) is 5.01. The van der Waals surface area contributed by atoms with Crippen molar-refractivity contribution < 1.29 is 13.5 Å². The molecule has 0 saturated heterocycles. The van der Waals surface area contributed by atoms with E-state index in [0.29, 0.717) is 23.5 Å². The first-order valence-corrected chi connectivity index (χ1v) is 12.5. The number of aryl methyl sites for hydroxylation is 1. The molecule has 3 heterocycles. The topological polar surface area (TPSA) is 70.3 Å². The Kier molecular flexibility index (Phi) is 6.88. The molecule has 8 nitrogen and oxygen atoms in total. The summed E-state index contributed by atoms with van der Waals surface area (Å²) in [5.41, 5.74) is 4.00. The van der Waals surface area contributed by atoms with Crippen LogP contribution in [-0.4, -0.2) is 60.3 Å². The predicted molar refractivity (Wildman–Crippen MR) is 149 cm³/mol. The molecule has 198 valence electrons. The minimum Gasteiger partial charge on any atom is -0.485 e. The number of aromatic nitrogens is 2. The van der Waals surface area contributed by atoms with Crippen molar-refractivity contribution in [3.05, 3.63) is 71.5 Å². The van der Waals surface area contributed by atoms with Crippen LogP contribution >= 0.6 is 0 Å². The zero-order chi connectivity index (χ0) is 27.0. The van der Waals surface area contributed by atoms with E-state index < -0.39 is 11.6 Å². The van der Waals surface area contributed by atoms with E-state index >= 15 is 8.78 Å². The summed E-state index contributed by atoms with van der Waals surface area (Å²) >= 11 is 0. The quantitative estimate of drug-likeness (QED) is 0.422. The van der Waals surface area contributed by atoms with Crippen LogP contribution in [0.15, 0.2) is 64.2 Å². The predicted octanol–water partition coefficient (Wildman–Crippen LogP) is 5.42. The third-order valence-corrected chi connectivity index (χ3v) is 6.68. The van der Waals surface area contributed by atoms with Crippen LogP contribution in [0.1, 0.15) is 31.3 Å². The fraction of sp³-hybridized carbons (Fsp3) is 0.321. The monoisotopic (exact) mass is 519 g/mol. The number of benzene rings is 2. The molecule has 0 unspecified atom stereocenters. The number of rotatable bonds is 7. The van der Waals surface area contributed by atoms with Gasteiger partial charge in [0.05, 0.1) is 23.1 Å². The van der Waals surface area contributed by atoms with Gasteiger partial charge in [0, 0.05) is 49.7 Å². The number of hydrogen-bond acceptors (Lipinski definition) is 7. The highest BCUT2D eigenvalue weighted by molar-refractivity contribution is 6.12. The van der Waals surface area contributed by atoms with Crippen LogP contribution < -0.4 is 15.0 Å². The molecular weight excluding hydrogens is 488 g/mol. The number of nitrogens with one attached hydrogen (secondary N) is 1. The van der Waals surface area contributed by atoms with Crippen molar-refractivity contribution >= 4 is 34.8 Å². The largest absolute Gasteiger partial charge is 0.485 e. The second kappa shape index (κ2) is 10.3. The lowest BCUT2D eigenvalue weighted by Crippen LogP contribution is -2.40. The number of anilines is 2. The molecule has 0 bridgehead atoms. The fourth-order valence-corrected chi connectivity index (χ4v) is 5.01. The van der Waals surface area contributed by atoms with Gasteiger partial charge in [0.15, 0.2) is 11.6 Å². The maximum Gasteiger partial charge on any atom is 0.167 e. The van der Waals surface area contributed by atoms with Crippen LogP contribution in [0.2, 0.25) is 0 Å². The van der Waals surface area contributed by atoms with Crippen molar-refractivity contribution in [2.45, 2.75) is 26.8 Å². The summed E-state index contributed by atoms with van der Waals surface area (Å²) in [7, 11) is 2.05. The number of nitrogens with zero attached hydrogens (tertiary/aromatic N) is 6. The van der Waals surface area contributed by atoms with Crippen molar-refractivity contribution in [2.24, 2.45) is 9.98 Å². The minimum absolute atomic E-state index is 0.0266. The first kappa shape index (κ1) is 25.4. The summed E-state index contributed by atoms with van der Waals surface area (Å²) in [5, 5.41) is 3.20. The van der Waals surface area contributed by atoms with Crippen LogP contribution in [0.5, 0.6) is 5.75 Å². The lowest BCUT2D eigenvalue weighted by Gasteiger charge is -2.38. The Labute approximate surface area is 220 Å². The van der Waals surface area contributed by atoms with E-state index in [0.717, 1.165) is 42.1 Å². The van der Waals surface area contributed by atoms with Crippen molar-refractivity contribution in [1.82, 2.24) is 14.5 Å². The molecule has 3 aromatic rings. The highest BCUT2D eigenvalue weighted by Crippen LogP contribution is 2.38. The molecule has 5 rings (SSSR count). The van der Waals surface area contributed by atoms with Gasteiger partial charge in [-0.15, -0.1) is 0 Å². The molecular formula is C28H31F2N7O. The normalized spacial score (nSPS) is 15.8. The average molecular weight is 520 g/mol. The molecule has 0 radical (unpaired) electrons. The summed E-state index contributed by atoms with van der Waals surface area (Å²) < 4.78 is 38.0. The number of aliphatic imine (C=N–C) groups is 2. The Balaban J connectivity index is 1.43. The van der Waals surface area contributed by atoms with E-state index in [1.165, 1.54) is 6.07 Å². The van der Waals surface area contributed by atoms with Crippen LogP contribution in [-0.2, 0) is 0 Å². The molecule has 1 aromatic heterocycles. The van der Waals surface area contributed by atoms with E-state index in [-0.39, 0.29) is 23.9 Å². The Morgan fingerprint density at radius 1 is 1.26 bits per heavy atom. The van der Waals surface area contributed by atoms with E-state index in [9.17, 15) is 0 Å². The van der Waals surface area contributed by atoms with Crippen LogP contribution in [0.3, 0.4) is 0 Å². The molecule has 0 atom stereocenters. The number of allylic oxidation sites excluding steroid dienone is 1. The number of imidazole rings is 1. The highest BCUT2D eigenvalue weighted by atomic mass is 19.1. The maximum atomic E-state index is 15.1. The van der Waals surface area contributed by atoms with Gasteiger partial charge in [-0.2, -0.15) is 0 Å². The molecule has 0 saturated carbocycles. The molecule has 10 heteroatoms. The van der Waals surface area contributed by atoms with Gasteiger partial charge in [0.25, 0.3) is 0 Å². The smallest absolute Gasteiger partial charge is 0.167 e. The van der Waals surface area contributed by atoms with Gasteiger partial charge in [-0.25, -0.2) is 13.8 Å². The van der Waals surface area contributed by atoms with Gasteiger partial charge in [-0.05, 0) is 51.8 Å². The molecule has 0 fully saturated rings. The summed E-state index contributed by atoms with van der Waals surface area (Å²) in [6.45, 7) is 11.5. The number of ether oxygens (including phenoxy) is 1. The molecule has 0 spiro atoms. The zero-order valence-electron chi connectivity index (χ0n) is 22.0. The van der Waals surface area contributed by atoms with Crippen LogP contribution in [0.25, 0.3) is 11.0 Å². The van der Waals surface area contributed by atoms with Crippen LogP contribution in [0, 0.1) is 12.7 Å². The number of likely N-dealkylation sites (N-methyl/N-ethyl adjacent to an activating group) is 1. The number of halogens is 2. The van der Waals surface area contributed by atoms with Gasteiger partial charge >= 0.3 is 0 Å². The maximum absolute atomic E-state index is 15.1. The Morgan fingerprint density at radius 2 is 2.08 bits per heavy atom. The molecule has 38 heavy (non-hydrogen) atoms. The van der Waals surface area contributed by atoms with Gasteiger partial charge in [0.1, 0.15) is 36.1 Å². The first-order valence-electron chi connectivity index (χ1n) is 12.5. The second-order valence-corrected chi connectivity index (χ2v) is 9.67. The second-order valence-electron chi connectivity index (χ2n) is 9.67. The van der Waals surface area contributed by atoms with E-state index in [1.54, 1.807) is 6.07 Å². The molecule has 1 N–H and O–H groups in total. The van der Waals surface area contributed by atoms with E-state index in [1.807, 2.05) is 43.5 Å². The van der Waals surface area contributed by atoms with E-state index in [4.69, 9.17) is 4.74 Å². The Bertz CT molecular complexity index is 1490. The van der Waals surface area contributed by atoms with Gasteiger partial charge in [0.2, 0.25) is 0 Å². The van der Waals surface area contributed by atoms with E-state index in [2.05, 4.69) is 50.1 Å². The number of fused-ring (bicyclic) bond motifs is 4.